The molecular formula is C13H25NO3S. The van der Waals surface area contributed by atoms with Gasteiger partial charge in [0.1, 0.15) is 5.60 Å². The fourth-order valence-electron chi connectivity index (χ4n) is 1.37. The van der Waals surface area contributed by atoms with Crippen molar-refractivity contribution in [1.82, 2.24) is 5.32 Å². The molecular weight excluding hydrogens is 250 g/mol. The largest absolute Gasteiger partial charge is 0.444 e. The lowest BCUT2D eigenvalue weighted by Gasteiger charge is -2.23. The molecule has 0 aromatic heterocycles. The maximum absolute atomic E-state index is 12.0. The fourth-order valence-corrected chi connectivity index (χ4v) is 1.84. The highest BCUT2D eigenvalue weighted by atomic mass is 32.2. The van der Waals surface area contributed by atoms with Gasteiger partial charge < -0.3 is 10.1 Å². The van der Waals surface area contributed by atoms with Crippen molar-refractivity contribution >= 4 is 23.6 Å². The van der Waals surface area contributed by atoms with Crippen LogP contribution in [0.25, 0.3) is 0 Å². The minimum Gasteiger partial charge on any atom is -0.444 e. The van der Waals surface area contributed by atoms with Gasteiger partial charge in [0, 0.05) is 5.92 Å². The second kappa shape index (κ2) is 7.67. The van der Waals surface area contributed by atoms with Crippen LogP contribution in [0.2, 0.25) is 0 Å². The van der Waals surface area contributed by atoms with Crippen LogP contribution >= 0.6 is 11.8 Å². The van der Waals surface area contributed by atoms with E-state index in [-0.39, 0.29) is 11.7 Å². The molecule has 1 N–H and O–H groups in total. The van der Waals surface area contributed by atoms with E-state index in [1.807, 2.05) is 20.1 Å². The van der Waals surface area contributed by atoms with E-state index in [0.717, 1.165) is 5.75 Å². The molecule has 0 fully saturated rings. The smallest absolute Gasteiger partial charge is 0.408 e. The van der Waals surface area contributed by atoms with Gasteiger partial charge >= 0.3 is 6.09 Å². The normalized spacial score (nSPS) is 13.3. The van der Waals surface area contributed by atoms with Crippen molar-refractivity contribution in [2.45, 2.75) is 52.7 Å². The molecule has 0 spiro atoms. The molecule has 0 aromatic rings. The monoisotopic (exact) mass is 275 g/mol. The molecule has 0 rings (SSSR count). The summed E-state index contributed by atoms with van der Waals surface area (Å²) in [4.78, 5) is 23.6. The first-order valence-electron chi connectivity index (χ1n) is 6.19. The third kappa shape index (κ3) is 7.58. The zero-order valence-corrected chi connectivity index (χ0v) is 13.0. The van der Waals surface area contributed by atoms with E-state index in [1.54, 1.807) is 32.5 Å². The Balaban J connectivity index is 4.49. The van der Waals surface area contributed by atoms with E-state index in [4.69, 9.17) is 4.74 Å². The van der Waals surface area contributed by atoms with Gasteiger partial charge in [-0.2, -0.15) is 11.8 Å². The molecule has 4 nitrogen and oxygen atoms in total. The molecule has 0 saturated carbocycles. The van der Waals surface area contributed by atoms with E-state index < -0.39 is 17.7 Å². The van der Waals surface area contributed by atoms with Crippen LogP contribution in [0.1, 0.15) is 41.0 Å². The number of rotatable bonds is 6. The first kappa shape index (κ1) is 17.3. The Morgan fingerprint density at radius 1 is 1.28 bits per heavy atom. The number of amides is 1. The quantitative estimate of drug-likeness (QED) is 0.810. The Morgan fingerprint density at radius 3 is 2.22 bits per heavy atom. The van der Waals surface area contributed by atoms with Crippen LogP contribution in [-0.2, 0) is 9.53 Å². The molecule has 0 aliphatic carbocycles. The predicted octanol–water partition coefficient (Wildman–Crippen LogP) is 2.86. The van der Waals surface area contributed by atoms with Crippen LogP contribution < -0.4 is 5.32 Å². The number of ketones is 1. The molecule has 5 heteroatoms. The Kier molecular flexibility index (Phi) is 7.36. The predicted molar refractivity (Wildman–Crippen MR) is 76.0 cm³/mol. The zero-order valence-electron chi connectivity index (χ0n) is 12.2. The fraction of sp³-hybridized carbons (Fsp3) is 0.846. The van der Waals surface area contributed by atoms with E-state index in [0.29, 0.717) is 6.42 Å². The number of hydrogen-bond donors (Lipinski definition) is 1. The van der Waals surface area contributed by atoms with Crippen molar-refractivity contribution in [3.63, 3.8) is 0 Å². The van der Waals surface area contributed by atoms with Gasteiger partial charge in [0.2, 0.25) is 0 Å². The van der Waals surface area contributed by atoms with Crippen LogP contribution in [0.15, 0.2) is 0 Å². The molecule has 1 amide bonds. The standard InChI is InChI=1S/C13H25NO3S/c1-9(2)11(15)10(7-8-18-6)14-12(16)17-13(3,4)5/h9-10H,7-8H2,1-6H3,(H,14,16). The lowest BCUT2D eigenvalue weighted by Crippen LogP contribution is -2.45. The first-order chi connectivity index (χ1) is 8.17. The first-order valence-corrected chi connectivity index (χ1v) is 7.59. The number of thioether (sulfide) groups is 1. The summed E-state index contributed by atoms with van der Waals surface area (Å²) in [5, 5.41) is 2.67. The van der Waals surface area contributed by atoms with Crippen molar-refractivity contribution < 1.29 is 14.3 Å². The van der Waals surface area contributed by atoms with Gasteiger partial charge in [0.15, 0.2) is 5.78 Å². The summed E-state index contributed by atoms with van der Waals surface area (Å²) < 4.78 is 5.17. The third-order valence-electron chi connectivity index (χ3n) is 2.21. The van der Waals surface area contributed by atoms with Gasteiger partial charge in [-0.05, 0) is 39.2 Å². The SMILES string of the molecule is CSCCC(NC(=O)OC(C)(C)C)C(=O)C(C)C. The molecule has 0 bridgehead atoms. The van der Waals surface area contributed by atoms with Crippen LogP contribution in [0.5, 0.6) is 0 Å². The van der Waals surface area contributed by atoms with Crippen molar-refractivity contribution in [2.75, 3.05) is 12.0 Å². The third-order valence-corrected chi connectivity index (χ3v) is 2.86. The number of nitrogens with one attached hydrogen (secondary N) is 1. The maximum Gasteiger partial charge on any atom is 0.408 e. The van der Waals surface area contributed by atoms with Crippen LogP contribution in [0.4, 0.5) is 4.79 Å². The lowest BCUT2D eigenvalue weighted by atomic mass is 10.00. The molecule has 106 valence electrons. The molecule has 0 heterocycles. The molecule has 1 atom stereocenters. The molecule has 0 radical (unpaired) electrons. The summed E-state index contributed by atoms with van der Waals surface area (Å²) in [6, 6.07) is -0.452. The van der Waals surface area contributed by atoms with Crippen LogP contribution in [0.3, 0.4) is 0 Å². The average Bonchev–Trinajstić information content (AvgIpc) is 2.20. The Labute approximate surface area is 114 Å². The second-order valence-electron chi connectivity index (χ2n) is 5.54. The number of Topliss-reactive ketones (excluding diaryl/α,β-unsaturated/α-hetero) is 1. The molecule has 0 aliphatic rings. The second-order valence-corrected chi connectivity index (χ2v) is 6.52. The van der Waals surface area contributed by atoms with Gasteiger partial charge in [-0.15, -0.1) is 0 Å². The number of carbonyl (C=O) groups is 2. The van der Waals surface area contributed by atoms with Gasteiger partial charge in [-0.25, -0.2) is 4.79 Å². The van der Waals surface area contributed by atoms with Crippen molar-refractivity contribution in [1.29, 1.82) is 0 Å². The van der Waals surface area contributed by atoms with E-state index in [9.17, 15) is 9.59 Å². The zero-order chi connectivity index (χ0) is 14.3. The summed E-state index contributed by atoms with van der Waals surface area (Å²) in [6.45, 7) is 9.08. The number of hydrogen-bond acceptors (Lipinski definition) is 4. The summed E-state index contributed by atoms with van der Waals surface area (Å²) in [5.74, 6) is 0.792. The number of ether oxygens (including phenoxy) is 1. The van der Waals surface area contributed by atoms with Crippen molar-refractivity contribution in [2.24, 2.45) is 5.92 Å². The van der Waals surface area contributed by atoms with Crippen LogP contribution in [0, 0.1) is 5.92 Å². The highest BCUT2D eigenvalue weighted by Gasteiger charge is 2.25. The molecule has 1 unspecified atom stereocenters. The average molecular weight is 275 g/mol. The van der Waals surface area contributed by atoms with Crippen molar-refractivity contribution in [3.8, 4) is 0 Å². The lowest BCUT2D eigenvalue weighted by molar-refractivity contribution is -0.124. The Bertz CT molecular complexity index is 284. The van der Waals surface area contributed by atoms with E-state index in [1.165, 1.54) is 0 Å². The molecule has 0 aliphatic heterocycles. The van der Waals surface area contributed by atoms with E-state index >= 15 is 0 Å². The van der Waals surface area contributed by atoms with Crippen molar-refractivity contribution in [3.05, 3.63) is 0 Å². The summed E-state index contributed by atoms with van der Waals surface area (Å²) in [5.41, 5.74) is -0.547. The summed E-state index contributed by atoms with van der Waals surface area (Å²) >= 11 is 1.65. The number of alkyl carbamates (subject to hydrolysis) is 1. The molecule has 18 heavy (non-hydrogen) atoms. The topological polar surface area (TPSA) is 55.4 Å². The Hall–Kier alpha value is -0.710. The minimum atomic E-state index is -0.547. The summed E-state index contributed by atoms with van der Waals surface area (Å²) in [6.07, 6.45) is 2.09. The minimum absolute atomic E-state index is 0.0508. The van der Waals surface area contributed by atoms with E-state index in [2.05, 4.69) is 5.32 Å². The molecule has 0 saturated heterocycles. The number of carbonyl (C=O) groups excluding carboxylic acids is 2. The Morgan fingerprint density at radius 2 is 1.83 bits per heavy atom. The maximum atomic E-state index is 12.0. The molecule has 0 aromatic carbocycles. The van der Waals surface area contributed by atoms with Crippen LogP contribution in [-0.4, -0.2) is 35.5 Å². The highest BCUT2D eigenvalue weighted by molar-refractivity contribution is 7.98. The van der Waals surface area contributed by atoms with Gasteiger partial charge in [0.25, 0.3) is 0 Å². The van der Waals surface area contributed by atoms with Gasteiger partial charge in [0.05, 0.1) is 6.04 Å². The highest BCUT2D eigenvalue weighted by Crippen LogP contribution is 2.10. The van der Waals surface area contributed by atoms with Gasteiger partial charge in [-0.3, -0.25) is 4.79 Å². The summed E-state index contributed by atoms with van der Waals surface area (Å²) in [7, 11) is 0. The van der Waals surface area contributed by atoms with Gasteiger partial charge in [-0.1, -0.05) is 13.8 Å².